The lowest BCUT2D eigenvalue weighted by atomic mass is 10.0. The maximum absolute atomic E-state index is 10.9. The van der Waals surface area contributed by atoms with E-state index in [-0.39, 0.29) is 5.69 Å². The molecule has 0 amide bonds. The molecular weight excluding hydrogens is 268 g/mol. The SMILES string of the molecule is CCOc1cc(NCCCC2CCCC2)ccc1[N+](=O)[O-]. The van der Waals surface area contributed by atoms with Gasteiger partial charge < -0.3 is 10.1 Å². The maximum atomic E-state index is 10.9. The zero-order valence-corrected chi connectivity index (χ0v) is 12.6. The van der Waals surface area contributed by atoms with Crippen molar-refractivity contribution < 1.29 is 9.66 Å². The van der Waals surface area contributed by atoms with Crippen LogP contribution >= 0.6 is 0 Å². The molecule has 0 bridgehead atoms. The maximum Gasteiger partial charge on any atom is 0.311 e. The van der Waals surface area contributed by atoms with E-state index in [4.69, 9.17) is 4.74 Å². The predicted molar refractivity (Wildman–Crippen MR) is 83.9 cm³/mol. The highest BCUT2D eigenvalue weighted by Gasteiger charge is 2.16. The number of rotatable bonds is 8. The van der Waals surface area contributed by atoms with Crippen LogP contribution in [0.5, 0.6) is 5.75 Å². The summed E-state index contributed by atoms with van der Waals surface area (Å²) in [6.07, 6.45) is 7.96. The average Bonchev–Trinajstić information content (AvgIpc) is 2.97. The summed E-state index contributed by atoms with van der Waals surface area (Å²) < 4.78 is 5.34. The minimum atomic E-state index is -0.408. The van der Waals surface area contributed by atoms with Crippen LogP contribution in [0.15, 0.2) is 18.2 Å². The standard InChI is InChI=1S/C16H24N2O3/c1-2-21-16-12-14(9-10-15(16)18(19)20)17-11-5-8-13-6-3-4-7-13/h9-10,12-13,17H,2-8,11H2,1H3. The summed E-state index contributed by atoms with van der Waals surface area (Å²) >= 11 is 0. The molecule has 5 nitrogen and oxygen atoms in total. The second kappa shape index (κ2) is 7.86. The highest BCUT2D eigenvalue weighted by molar-refractivity contribution is 5.57. The summed E-state index contributed by atoms with van der Waals surface area (Å²) in [5, 5.41) is 14.3. The highest BCUT2D eigenvalue weighted by Crippen LogP contribution is 2.31. The van der Waals surface area contributed by atoms with E-state index < -0.39 is 4.92 Å². The molecule has 0 aromatic heterocycles. The van der Waals surface area contributed by atoms with Crippen molar-refractivity contribution in [3.63, 3.8) is 0 Å². The highest BCUT2D eigenvalue weighted by atomic mass is 16.6. The Morgan fingerprint density at radius 3 is 2.81 bits per heavy atom. The fourth-order valence-electron chi connectivity index (χ4n) is 2.97. The topological polar surface area (TPSA) is 64.4 Å². The molecule has 0 aliphatic heterocycles. The monoisotopic (exact) mass is 292 g/mol. The molecule has 0 heterocycles. The van der Waals surface area contributed by atoms with Gasteiger partial charge in [-0.05, 0) is 31.7 Å². The second-order valence-corrected chi connectivity index (χ2v) is 5.59. The number of hydrogen-bond acceptors (Lipinski definition) is 4. The Bertz CT molecular complexity index is 471. The third-order valence-electron chi connectivity index (χ3n) is 4.05. The van der Waals surface area contributed by atoms with Gasteiger partial charge in [0.1, 0.15) is 0 Å². The first-order chi connectivity index (χ1) is 10.2. The van der Waals surface area contributed by atoms with Crippen molar-refractivity contribution >= 4 is 11.4 Å². The lowest BCUT2D eigenvalue weighted by Gasteiger charge is -2.11. The summed E-state index contributed by atoms with van der Waals surface area (Å²) in [7, 11) is 0. The molecule has 1 N–H and O–H groups in total. The van der Waals surface area contributed by atoms with Gasteiger partial charge in [-0.3, -0.25) is 10.1 Å². The Morgan fingerprint density at radius 1 is 1.38 bits per heavy atom. The number of nitrogens with zero attached hydrogens (tertiary/aromatic N) is 1. The second-order valence-electron chi connectivity index (χ2n) is 5.59. The molecule has 0 atom stereocenters. The van der Waals surface area contributed by atoms with Crippen LogP contribution in [0.25, 0.3) is 0 Å². The number of hydrogen-bond donors (Lipinski definition) is 1. The molecule has 0 unspecified atom stereocenters. The molecular formula is C16H24N2O3. The van der Waals surface area contributed by atoms with E-state index in [1.54, 1.807) is 12.1 Å². The number of anilines is 1. The zero-order valence-electron chi connectivity index (χ0n) is 12.6. The third kappa shape index (κ3) is 4.62. The van der Waals surface area contributed by atoms with E-state index in [9.17, 15) is 10.1 Å². The van der Waals surface area contributed by atoms with Crippen molar-refractivity contribution in [3.8, 4) is 5.75 Å². The molecule has 2 rings (SSSR count). The number of nitro groups is 1. The van der Waals surface area contributed by atoms with Crippen molar-refractivity contribution in [2.45, 2.75) is 45.4 Å². The Kier molecular flexibility index (Phi) is 5.84. The Labute approximate surface area is 125 Å². The minimum absolute atomic E-state index is 0.0216. The molecule has 1 saturated carbocycles. The fraction of sp³-hybridized carbons (Fsp3) is 0.625. The van der Waals surface area contributed by atoms with Gasteiger partial charge in [0.25, 0.3) is 0 Å². The molecule has 21 heavy (non-hydrogen) atoms. The van der Waals surface area contributed by atoms with Crippen LogP contribution in [0.3, 0.4) is 0 Å². The Morgan fingerprint density at radius 2 is 2.14 bits per heavy atom. The number of nitrogens with one attached hydrogen (secondary N) is 1. The molecule has 1 fully saturated rings. The van der Waals surface area contributed by atoms with Crippen LogP contribution in [-0.4, -0.2) is 18.1 Å². The molecule has 1 aliphatic rings. The lowest BCUT2D eigenvalue weighted by Crippen LogP contribution is -2.05. The van der Waals surface area contributed by atoms with Crippen molar-refractivity contribution in [3.05, 3.63) is 28.3 Å². The van der Waals surface area contributed by atoms with Gasteiger partial charge in [0.05, 0.1) is 11.5 Å². The number of benzene rings is 1. The Balaban J connectivity index is 1.84. The van der Waals surface area contributed by atoms with Gasteiger partial charge in [0, 0.05) is 24.4 Å². The fourth-order valence-corrected chi connectivity index (χ4v) is 2.97. The summed E-state index contributed by atoms with van der Waals surface area (Å²) in [6, 6.07) is 4.97. The molecule has 1 aliphatic carbocycles. The number of ether oxygens (including phenoxy) is 1. The van der Waals surface area contributed by atoms with Crippen molar-refractivity contribution in [2.75, 3.05) is 18.5 Å². The van der Waals surface area contributed by atoms with Gasteiger partial charge in [-0.15, -0.1) is 0 Å². The normalized spacial score (nSPS) is 15.1. The number of nitro benzene ring substituents is 1. The van der Waals surface area contributed by atoms with Crippen molar-refractivity contribution in [1.82, 2.24) is 0 Å². The predicted octanol–water partition coefficient (Wildman–Crippen LogP) is 4.38. The van der Waals surface area contributed by atoms with E-state index in [0.717, 1.165) is 24.6 Å². The third-order valence-corrected chi connectivity index (χ3v) is 4.05. The molecule has 0 saturated heterocycles. The van der Waals surface area contributed by atoms with Crippen molar-refractivity contribution in [2.24, 2.45) is 5.92 Å². The molecule has 0 spiro atoms. The van der Waals surface area contributed by atoms with E-state index in [0.29, 0.717) is 12.4 Å². The van der Waals surface area contributed by atoms with E-state index in [2.05, 4.69) is 5.32 Å². The van der Waals surface area contributed by atoms with Crippen LogP contribution in [0.1, 0.15) is 45.4 Å². The first-order valence-corrected chi connectivity index (χ1v) is 7.85. The van der Waals surface area contributed by atoms with Crippen LogP contribution in [-0.2, 0) is 0 Å². The van der Waals surface area contributed by atoms with Gasteiger partial charge in [0.2, 0.25) is 0 Å². The van der Waals surface area contributed by atoms with E-state index in [1.165, 1.54) is 38.2 Å². The zero-order chi connectivity index (χ0) is 15.1. The molecule has 1 aromatic rings. The van der Waals surface area contributed by atoms with Gasteiger partial charge >= 0.3 is 5.69 Å². The first-order valence-electron chi connectivity index (χ1n) is 7.85. The molecule has 5 heteroatoms. The van der Waals surface area contributed by atoms with Gasteiger partial charge in [0.15, 0.2) is 5.75 Å². The van der Waals surface area contributed by atoms with Gasteiger partial charge in [-0.25, -0.2) is 0 Å². The first kappa shape index (κ1) is 15.6. The van der Waals surface area contributed by atoms with Crippen LogP contribution < -0.4 is 10.1 Å². The van der Waals surface area contributed by atoms with Crippen molar-refractivity contribution in [1.29, 1.82) is 0 Å². The van der Waals surface area contributed by atoms with Crippen LogP contribution in [0.4, 0.5) is 11.4 Å². The van der Waals surface area contributed by atoms with Gasteiger partial charge in [-0.1, -0.05) is 25.7 Å². The quantitative estimate of drug-likeness (QED) is 0.439. The minimum Gasteiger partial charge on any atom is -0.487 e. The van der Waals surface area contributed by atoms with Gasteiger partial charge in [-0.2, -0.15) is 0 Å². The summed E-state index contributed by atoms with van der Waals surface area (Å²) in [6.45, 7) is 3.15. The summed E-state index contributed by atoms with van der Waals surface area (Å²) in [4.78, 5) is 10.5. The Hall–Kier alpha value is -1.78. The van der Waals surface area contributed by atoms with E-state index in [1.807, 2.05) is 6.92 Å². The van der Waals surface area contributed by atoms with Crippen LogP contribution in [0.2, 0.25) is 0 Å². The molecule has 116 valence electrons. The van der Waals surface area contributed by atoms with E-state index >= 15 is 0 Å². The summed E-state index contributed by atoms with van der Waals surface area (Å²) in [5.74, 6) is 1.24. The largest absolute Gasteiger partial charge is 0.487 e. The summed E-state index contributed by atoms with van der Waals surface area (Å²) in [5.41, 5.74) is 0.906. The lowest BCUT2D eigenvalue weighted by molar-refractivity contribution is -0.385. The molecule has 1 aromatic carbocycles. The smallest absolute Gasteiger partial charge is 0.311 e. The molecule has 0 radical (unpaired) electrons. The van der Waals surface area contributed by atoms with Crippen LogP contribution in [0, 0.1) is 16.0 Å². The average molecular weight is 292 g/mol.